The topological polar surface area (TPSA) is 12.5 Å². The highest BCUT2D eigenvalue weighted by atomic mass is 79.9. The summed E-state index contributed by atoms with van der Waals surface area (Å²) in [5.74, 6) is -0.163. The highest BCUT2D eigenvalue weighted by molar-refractivity contribution is 9.08. The summed E-state index contributed by atoms with van der Waals surface area (Å²) < 4.78 is 19.5. The van der Waals surface area contributed by atoms with E-state index in [0.717, 1.165) is 18.6 Å². The van der Waals surface area contributed by atoms with Crippen molar-refractivity contribution in [3.8, 4) is 0 Å². The van der Waals surface area contributed by atoms with Crippen molar-refractivity contribution in [1.29, 1.82) is 0 Å². The first kappa shape index (κ1) is 12.8. The number of halogens is 2. The second kappa shape index (κ2) is 5.36. The van der Waals surface area contributed by atoms with Crippen LogP contribution in [0.3, 0.4) is 0 Å². The smallest absolute Gasteiger partial charge is 0.146 e. The lowest BCUT2D eigenvalue weighted by Gasteiger charge is -2.29. The highest BCUT2D eigenvalue weighted by Crippen LogP contribution is 2.27. The minimum atomic E-state index is -0.163. The van der Waals surface area contributed by atoms with Gasteiger partial charge in [0.15, 0.2) is 0 Å². The second-order valence-corrected chi connectivity index (χ2v) is 5.02. The van der Waals surface area contributed by atoms with Gasteiger partial charge in [-0.25, -0.2) is 4.39 Å². The maximum absolute atomic E-state index is 14.0. The van der Waals surface area contributed by atoms with Crippen molar-refractivity contribution in [3.63, 3.8) is 0 Å². The summed E-state index contributed by atoms with van der Waals surface area (Å²) in [5, 5.41) is 0.677. The van der Waals surface area contributed by atoms with Crippen LogP contribution in [-0.2, 0) is 10.1 Å². The fourth-order valence-electron chi connectivity index (χ4n) is 2.33. The van der Waals surface area contributed by atoms with E-state index in [1.807, 2.05) is 31.0 Å². The molecule has 0 N–H and O–H groups in total. The summed E-state index contributed by atoms with van der Waals surface area (Å²) in [4.78, 5) is 1.99. The first-order chi connectivity index (χ1) is 8.13. The fraction of sp³-hybridized carbons (Fsp3) is 0.538. The average molecular weight is 302 g/mol. The quantitative estimate of drug-likeness (QED) is 0.794. The molecule has 1 aliphatic heterocycles. The number of hydrogen-bond donors (Lipinski definition) is 0. The maximum Gasteiger partial charge on any atom is 0.146 e. The Morgan fingerprint density at radius 3 is 2.82 bits per heavy atom. The highest BCUT2D eigenvalue weighted by Gasteiger charge is 2.29. The summed E-state index contributed by atoms with van der Waals surface area (Å²) in [5.41, 5.74) is 1.60. The molecule has 1 aromatic carbocycles. The summed E-state index contributed by atoms with van der Waals surface area (Å²) in [7, 11) is 1.93. The Morgan fingerprint density at radius 1 is 1.53 bits per heavy atom. The van der Waals surface area contributed by atoms with Gasteiger partial charge in [-0.15, -0.1) is 0 Å². The monoisotopic (exact) mass is 301 g/mol. The molecule has 0 aromatic heterocycles. The van der Waals surface area contributed by atoms with Gasteiger partial charge in [0.25, 0.3) is 0 Å². The van der Waals surface area contributed by atoms with Crippen LogP contribution in [-0.4, -0.2) is 25.8 Å². The number of likely N-dealkylation sites (N-methyl/N-ethyl adjacent to an activating group) is 1. The summed E-state index contributed by atoms with van der Waals surface area (Å²) in [6, 6.07) is 5.64. The first-order valence-electron chi connectivity index (χ1n) is 5.82. The van der Waals surface area contributed by atoms with Crippen LogP contribution >= 0.6 is 15.9 Å². The molecule has 2 rings (SSSR count). The molecule has 94 valence electrons. The van der Waals surface area contributed by atoms with Crippen LogP contribution in [0, 0.1) is 5.82 Å². The lowest BCUT2D eigenvalue weighted by molar-refractivity contribution is 0.118. The first-order valence-corrected chi connectivity index (χ1v) is 6.94. The molecule has 1 heterocycles. The molecular weight excluding hydrogens is 285 g/mol. The minimum absolute atomic E-state index is 0.162. The van der Waals surface area contributed by atoms with Crippen LogP contribution in [0.4, 0.5) is 10.1 Å². The number of nitrogens with zero attached hydrogens (tertiary/aromatic N) is 1. The van der Waals surface area contributed by atoms with Crippen molar-refractivity contribution >= 4 is 21.6 Å². The molecule has 2 nitrogen and oxygen atoms in total. The van der Waals surface area contributed by atoms with Crippen LogP contribution in [0.25, 0.3) is 0 Å². The predicted molar refractivity (Wildman–Crippen MR) is 71.3 cm³/mol. The van der Waals surface area contributed by atoms with E-state index in [-0.39, 0.29) is 18.0 Å². The van der Waals surface area contributed by atoms with Crippen molar-refractivity contribution < 1.29 is 9.13 Å². The molecule has 0 bridgehead atoms. The molecule has 4 heteroatoms. The van der Waals surface area contributed by atoms with Gasteiger partial charge in [-0.2, -0.15) is 0 Å². The molecule has 1 aromatic rings. The van der Waals surface area contributed by atoms with Gasteiger partial charge in [0, 0.05) is 19.0 Å². The molecule has 0 aliphatic carbocycles. The molecule has 2 atom stereocenters. The molecule has 1 saturated heterocycles. The molecule has 0 radical (unpaired) electrons. The molecule has 0 amide bonds. The Kier molecular flexibility index (Phi) is 4.05. The van der Waals surface area contributed by atoms with Crippen molar-refractivity contribution in [3.05, 3.63) is 29.6 Å². The zero-order valence-electron chi connectivity index (χ0n) is 10.1. The number of benzene rings is 1. The van der Waals surface area contributed by atoms with Crippen molar-refractivity contribution in [1.82, 2.24) is 0 Å². The zero-order chi connectivity index (χ0) is 12.4. The van der Waals surface area contributed by atoms with E-state index in [1.54, 1.807) is 6.07 Å². The Labute approximate surface area is 110 Å². The standard InChI is InChI=1S/C13H17BrFNO/c1-9-12(5-6-17-9)16(2)13-4-3-10(8-14)7-11(13)15/h3-4,7,9,12H,5-6,8H2,1-2H3. The Morgan fingerprint density at radius 2 is 2.29 bits per heavy atom. The van der Waals surface area contributed by atoms with Gasteiger partial charge in [0.2, 0.25) is 0 Å². The lowest BCUT2D eigenvalue weighted by Crippen LogP contribution is -2.37. The minimum Gasteiger partial charge on any atom is -0.376 e. The third-order valence-corrected chi connectivity index (χ3v) is 4.03. The Hall–Kier alpha value is -0.610. The van der Waals surface area contributed by atoms with Gasteiger partial charge >= 0.3 is 0 Å². The van der Waals surface area contributed by atoms with E-state index in [9.17, 15) is 4.39 Å². The SMILES string of the molecule is CC1OCCC1N(C)c1ccc(CBr)cc1F. The van der Waals surface area contributed by atoms with Gasteiger partial charge in [-0.1, -0.05) is 22.0 Å². The molecule has 1 aliphatic rings. The third-order valence-electron chi connectivity index (χ3n) is 3.38. The van der Waals surface area contributed by atoms with E-state index >= 15 is 0 Å². The van der Waals surface area contributed by atoms with E-state index in [4.69, 9.17) is 4.74 Å². The molecule has 2 unspecified atom stereocenters. The van der Waals surface area contributed by atoms with Crippen LogP contribution in [0.5, 0.6) is 0 Å². The summed E-state index contributed by atoms with van der Waals surface area (Å²) in [6.07, 6.45) is 1.12. The van der Waals surface area contributed by atoms with Crippen LogP contribution in [0.2, 0.25) is 0 Å². The Balaban J connectivity index is 2.21. The number of anilines is 1. The number of alkyl halides is 1. The van der Waals surface area contributed by atoms with Gasteiger partial charge in [-0.05, 0) is 31.0 Å². The average Bonchev–Trinajstić information content (AvgIpc) is 2.74. The number of rotatable bonds is 3. The summed E-state index contributed by atoms with van der Waals surface area (Å²) >= 11 is 3.33. The van der Waals surface area contributed by atoms with Crippen molar-refractivity contribution in [2.24, 2.45) is 0 Å². The van der Waals surface area contributed by atoms with Gasteiger partial charge in [0.1, 0.15) is 5.82 Å². The Bertz CT molecular complexity index is 399. The van der Waals surface area contributed by atoms with Crippen LogP contribution in [0.15, 0.2) is 18.2 Å². The van der Waals surface area contributed by atoms with Crippen LogP contribution < -0.4 is 4.90 Å². The maximum atomic E-state index is 14.0. The van der Waals surface area contributed by atoms with Gasteiger partial charge < -0.3 is 9.64 Å². The zero-order valence-corrected chi connectivity index (χ0v) is 11.7. The fourth-order valence-corrected chi connectivity index (χ4v) is 2.68. The largest absolute Gasteiger partial charge is 0.376 e. The molecule has 0 spiro atoms. The van der Waals surface area contributed by atoms with Crippen molar-refractivity contribution in [2.75, 3.05) is 18.6 Å². The number of hydrogen-bond acceptors (Lipinski definition) is 2. The second-order valence-electron chi connectivity index (χ2n) is 4.46. The van der Waals surface area contributed by atoms with E-state index < -0.39 is 0 Å². The number of ether oxygens (including phenoxy) is 1. The van der Waals surface area contributed by atoms with E-state index in [2.05, 4.69) is 15.9 Å². The molecule has 17 heavy (non-hydrogen) atoms. The van der Waals surface area contributed by atoms with Gasteiger partial charge in [-0.3, -0.25) is 0 Å². The van der Waals surface area contributed by atoms with Gasteiger partial charge in [0.05, 0.1) is 17.8 Å². The molecule has 0 saturated carbocycles. The molecule has 1 fully saturated rings. The van der Waals surface area contributed by atoms with E-state index in [0.29, 0.717) is 11.0 Å². The predicted octanol–water partition coefficient (Wildman–Crippen LogP) is 3.33. The van der Waals surface area contributed by atoms with Crippen LogP contribution in [0.1, 0.15) is 18.9 Å². The normalized spacial score (nSPS) is 24.0. The molecular formula is C13H17BrFNO. The summed E-state index contributed by atoms with van der Waals surface area (Å²) in [6.45, 7) is 2.80. The lowest BCUT2D eigenvalue weighted by atomic mass is 10.1. The van der Waals surface area contributed by atoms with Crippen molar-refractivity contribution in [2.45, 2.75) is 30.8 Å². The van der Waals surface area contributed by atoms with E-state index in [1.165, 1.54) is 0 Å². The third kappa shape index (κ3) is 2.63.